The average molecular weight is 258 g/mol. The second kappa shape index (κ2) is 4.64. The normalized spacial score (nSPS) is 14.5. The molecule has 2 aromatic rings. The van der Waals surface area contributed by atoms with E-state index >= 15 is 0 Å². The first-order valence-electron chi connectivity index (χ1n) is 6.85. The van der Waals surface area contributed by atoms with E-state index in [1.807, 2.05) is 0 Å². The molecule has 0 N–H and O–H groups in total. The Labute approximate surface area is 120 Å². The first-order valence-corrected chi connectivity index (χ1v) is 6.85. The van der Waals surface area contributed by atoms with Gasteiger partial charge in [0.25, 0.3) is 0 Å². The predicted octanol–water partition coefficient (Wildman–Crippen LogP) is 5.34. The van der Waals surface area contributed by atoms with E-state index in [-0.39, 0.29) is 0 Å². The number of benzene rings is 2. The van der Waals surface area contributed by atoms with Crippen LogP contribution in [0.25, 0.3) is 11.1 Å². The molecule has 0 bridgehead atoms. The molecule has 0 nitrogen and oxygen atoms in total. The zero-order valence-electron chi connectivity index (χ0n) is 12.0. The summed E-state index contributed by atoms with van der Waals surface area (Å²) >= 11 is 0. The lowest BCUT2D eigenvalue weighted by Gasteiger charge is -2.30. The van der Waals surface area contributed by atoms with Crippen LogP contribution in [0.1, 0.15) is 22.3 Å². The molecule has 0 saturated heterocycles. The summed E-state index contributed by atoms with van der Waals surface area (Å²) in [4.78, 5) is 0. The maximum Gasteiger partial charge on any atom is -0.00267 e. The van der Waals surface area contributed by atoms with Gasteiger partial charge in [0.1, 0.15) is 0 Å². The quantitative estimate of drug-likeness (QED) is 0.682. The van der Waals surface area contributed by atoms with Crippen molar-refractivity contribution >= 4 is 11.1 Å². The lowest BCUT2D eigenvalue weighted by Crippen LogP contribution is -2.09. The molecule has 0 heteroatoms. The second-order valence-corrected chi connectivity index (χ2v) is 5.44. The third kappa shape index (κ3) is 1.94. The van der Waals surface area contributed by atoms with Gasteiger partial charge in [-0.15, -0.1) is 0 Å². The van der Waals surface area contributed by atoms with Crippen molar-refractivity contribution in [1.82, 2.24) is 0 Å². The van der Waals surface area contributed by atoms with Crippen molar-refractivity contribution in [2.24, 2.45) is 0 Å². The fourth-order valence-corrected chi connectivity index (χ4v) is 2.62. The lowest BCUT2D eigenvalue weighted by molar-refractivity contribution is 1.40. The predicted molar refractivity (Wildman–Crippen MR) is 87.5 cm³/mol. The van der Waals surface area contributed by atoms with Crippen LogP contribution >= 0.6 is 0 Å². The molecular weight excluding hydrogens is 240 g/mol. The van der Waals surface area contributed by atoms with Crippen molar-refractivity contribution in [3.05, 3.63) is 95.1 Å². The van der Waals surface area contributed by atoms with Gasteiger partial charge in [-0.25, -0.2) is 0 Å². The van der Waals surface area contributed by atoms with E-state index in [1.165, 1.54) is 33.4 Å². The highest BCUT2D eigenvalue weighted by molar-refractivity contribution is 6.17. The first-order chi connectivity index (χ1) is 9.58. The van der Waals surface area contributed by atoms with Crippen molar-refractivity contribution in [3.63, 3.8) is 0 Å². The zero-order chi connectivity index (χ0) is 14.3. The molecule has 0 amide bonds. The van der Waals surface area contributed by atoms with E-state index in [2.05, 4.69) is 75.5 Å². The molecule has 1 aliphatic carbocycles. The van der Waals surface area contributed by atoms with Crippen molar-refractivity contribution in [1.29, 1.82) is 0 Å². The van der Waals surface area contributed by atoms with Gasteiger partial charge in [0.05, 0.1) is 0 Å². The monoisotopic (exact) mass is 258 g/mol. The number of aryl methyl sites for hydroxylation is 2. The largest absolute Gasteiger partial charge is 0.0905 e. The highest BCUT2D eigenvalue weighted by atomic mass is 14.3. The Morgan fingerprint density at radius 2 is 0.850 bits per heavy atom. The molecule has 0 unspecified atom stereocenters. The van der Waals surface area contributed by atoms with Gasteiger partial charge < -0.3 is 0 Å². The molecule has 0 saturated carbocycles. The molecule has 0 radical (unpaired) electrons. The number of hydrogen-bond acceptors (Lipinski definition) is 0. The molecular formula is C20H18. The number of rotatable bonds is 2. The van der Waals surface area contributed by atoms with E-state index in [1.54, 1.807) is 0 Å². The van der Waals surface area contributed by atoms with Gasteiger partial charge in [0, 0.05) is 0 Å². The molecule has 20 heavy (non-hydrogen) atoms. The first kappa shape index (κ1) is 12.7. The summed E-state index contributed by atoms with van der Waals surface area (Å²) in [5.41, 5.74) is 9.59. The third-order valence-electron chi connectivity index (χ3n) is 3.90. The van der Waals surface area contributed by atoms with E-state index < -0.39 is 0 Å². The minimum atomic E-state index is 1.06. The van der Waals surface area contributed by atoms with Crippen molar-refractivity contribution in [3.8, 4) is 0 Å². The molecule has 0 spiro atoms. The highest BCUT2D eigenvalue weighted by Crippen LogP contribution is 2.49. The molecule has 3 rings (SSSR count). The standard InChI is InChI=1S/C20H18/c1-13-5-9-17(10-6-13)19-15(3)16(4)20(19)18-11-7-14(2)8-12-18/h5-12H,3-4H2,1-2H3. The molecule has 1 aliphatic rings. The Balaban J connectivity index is 2.14. The van der Waals surface area contributed by atoms with Crippen molar-refractivity contribution in [2.45, 2.75) is 13.8 Å². The Kier molecular flexibility index (Phi) is 2.94. The summed E-state index contributed by atoms with van der Waals surface area (Å²) in [6.45, 7) is 12.5. The Morgan fingerprint density at radius 3 is 1.15 bits per heavy atom. The number of allylic oxidation sites excluding steroid dienone is 4. The van der Waals surface area contributed by atoms with Crippen molar-refractivity contribution < 1.29 is 0 Å². The van der Waals surface area contributed by atoms with Crippen LogP contribution in [0, 0.1) is 13.8 Å². The van der Waals surface area contributed by atoms with Crippen LogP contribution in [0.3, 0.4) is 0 Å². The van der Waals surface area contributed by atoms with Gasteiger partial charge in [0.15, 0.2) is 0 Å². The molecule has 0 aliphatic heterocycles. The topological polar surface area (TPSA) is 0 Å². The molecule has 98 valence electrons. The van der Waals surface area contributed by atoms with Crippen LogP contribution in [-0.2, 0) is 0 Å². The van der Waals surface area contributed by atoms with E-state index in [0.29, 0.717) is 0 Å². The van der Waals surface area contributed by atoms with Gasteiger partial charge in [-0.1, -0.05) is 72.8 Å². The van der Waals surface area contributed by atoms with Crippen LogP contribution in [0.4, 0.5) is 0 Å². The minimum absolute atomic E-state index is 1.06. The van der Waals surface area contributed by atoms with E-state index in [0.717, 1.165) is 11.1 Å². The summed E-state index contributed by atoms with van der Waals surface area (Å²) in [5.74, 6) is 0. The average Bonchev–Trinajstić information content (AvgIpc) is 2.46. The Bertz CT molecular complexity index is 657. The summed E-state index contributed by atoms with van der Waals surface area (Å²) < 4.78 is 0. The highest BCUT2D eigenvalue weighted by Gasteiger charge is 2.28. The fraction of sp³-hybridized carbons (Fsp3) is 0.100. The molecule has 0 heterocycles. The van der Waals surface area contributed by atoms with Crippen LogP contribution in [0.5, 0.6) is 0 Å². The smallest absolute Gasteiger partial charge is 0.00267 e. The SMILES string of the molecule is C=C1C(=C)C(c2ccc(C)cc2)=C1c1ccc(C)cc1. The number of hydrogen-bond donors (Lipinski definition) is 0. The van der Waals surface area contributed by atoms with Gasteiger partial charge in [0.2, 0.25) is 0 Å². The summed E-state index contributed by atoms with van der Waals surface area (Å²) in [6, 6.07) is 17.2. The lowest BCUT2D eigenvalue weighted by atomic mass is 9.73. The van der Waals surface area contributed by atoms with Crippen molar-refractivity contribution in [2.75, 3.05) is 0 Å². The molecule has 0 aromatic heterocycles. The van der Waals surface area contributed by atoms with Crippen LogP contribution in [-0.4, -0.2) is 0 Å². The van der Waals surface area contributed by atoms with Crippen LogP contribution in [0.15, 0.2) is 72.8 Å². The van der Waals surface area contributed by atoms with Gasteiger partial charge >= 0.3 is 0 Å². The molecule has 2 aromatic carbocycles. The fourth-order valence-electron chi connectivity index (χ4n) is 2.62. The second-order valence-electron chi connectivity index (χ2n) is 5.44. The Hall–Kier alpha value is -2.34. The van der Waals surface area contributed by atoms with Gasteiger partial charge in [-0.3, -0.25) is 0 Å². The van der Waals surface area contributed by atoms with E-state index in [4.69, 9.17) is 0 Å². The molecule has 0 atom stereocenters. The molecule has 0 fully saturated rings. The maximum absolute atomic E-state index is 4.16. The minimum Gasteiger partial charge on any atom is -0.0905 e. The van der Waals surface area contributed by atoms with Crippen LogP contribution in [0.2, 0.25) is 0 Å². The van der Waals surface area contributed by atoms with Gasteiger partial charge in [-0.2, -0.15) is 0 Å². The zero-order valence-corrected chi connectivity index (χ0v) is 12.0. The summed E-state index contributed by atoms with van der Waals surface area (Å²) in [5, 5.41) is 0. The third-order valence-corrected chi connectivity index (χ3v) is 3.90. The summed E-state index contributed by atoms with van der Waals surface area (Å²) in [7, 11) is 0. The van der Waals surface area contributed by atoms with Crippen LogP contribution < -0.4 is 0 Å². The van der Waals surface area contributed by atoms with Gasteiger partial charge in [-0.05, 0) is 47.3 Å². The maximum atomic E-state index is 4.16. The Morgan fingerprint density at radius 1 is 0.550 bits per heavy atom. The van der Waals surface area contributed by atoms with E-state index in [9.17, 15) is 0 Å². The summed E-state index contributed by atoms with van der Waals surface area (Å²) in [6.07, 6.45) is 0.